The number of fused-ring (bicyclic) bond motifs is 1. The highest BCUT2D eigenvalue weighted by Gasteiger charge is 2.37. The van der Waals surface area contributed by atoms with Crippen LogP contribution in [0, 0.1) is 5.92 Å². The fraction of sp³-hybridized carbons (Fsp3) is 0.429. The van der Waals surface area contributed by atoms with Gasteiger partial charge in [0.15, 0.2) is 0 Å². The molecule has 0 aliphatic carbocycles. The third kappa shape index (κ3) is 2.35. The summed E-state index contributed by atoms with van der Waals surface area (Å²) in [6, 6.07) is 15.3. The van der Waals surface area contributed by atoms with E-state index in [9.17, 15) is 0 Å². The van der Waals surface area contributed by atoms with Crippen LogP contribution in [0.15, 0.2) is 42.5 Å². The van der Waals surface area contributed by atoms with E-state index in [1.165, 1.54) is 49.0 Å². The van der Waals surface area contributed by atoms with E-state index >= 15 is 0 Å². The first-order valence-corrected chi connectivity index (χ1v) is 9.53. The van der Waals surface area contributed by atoms with E-state index < -0.39 is 0 Å². The van der Waals surface area contributed by atoms with E-state index in [1.54, 1.807) is 0 Å². The molecule has 2 aliphatic heterocycles. The molecule has 0 fully saturated rings. The van der Waals surface area contributed by atoms with Gasteiger partial charge in [-0.2, -0.15) is 15.0 Å². The summed E-state index contributed by atoms with van der Waals surface area (Å²) in [5.41, 5.74) is 6.37. The van der Waals surface area contributed by atoms with Crippen LogP contribution in [-0.4, -0.2) is 28.1 Å². The number of para-hydroxylation sites is 1. The molecule has 2 aromatic carbocycles. The molecular weight excluding hydrogens is 308 g/mol. The second kappa shape index (κ2) is 5.87. The molecule has 4 nitrogen and oxygen atoms in total. The molecule has 0 amide bonds. The van der Waals surface area contributed by atoms with Gasteiger partial charge in [-0.05, 0) is 37.0 Å². The number of aromatic nitrogens is 3. The monoisotopic (exact) mass is 332 g/mol. The van der Waals surface area contributed by atoms with Crippen LogP contribution in [0.25, 0.3) is 11.0 Å². The van der Waals surface area contributed by atoms with Crippen LogP contribution in [0.4, 0.5) is 5.69 Å². The fourth-order valence-corrected chi connectivity index (χ4v) is 4.76. The lowest BCUT2D eigenvalue weighted by atomic mass is 9.81. The lowest BCUT2D eigenvalue weighted by molar-refractivity contribution is 0.292. The second-order valence-corrected chi connectivity index (χ2v) is 7.41. The second-order valence-electron chi connectivity index (χ2n) is 7.41. The average Bonchev–Trinajstić information content (AvgIpc) is 3.06. The molecular formula is C21H24N4. The molecule has 4 heteroatoms. The zero-order chi connectivity index (χ0) is 16.8. The third-order valence-electron chi connectivity index (χ3n) is 5.77. The summed E-state index contributed by atoms with van der Waals surface area (Å²) in [6.07, 6.45) is 4.87. The quantitative estimate of drug-likeness (QED) is 0.721. The third-order valence-corrected chi connectivity index (χ3v) is 5.77. The summed E-state index contributed by atoms with van der Waals surface area (Å²) < 4.78 is 0. The number of anilines is 1. The van der Waals surface area contributed by atoms with Crippen molar-refractivity contribution in [3.05, 3.63) is 53.6 Å². The number of aryl methyl sites for hydroxylation is 1. The maximum absolute atomic E-state index is 4.85. The molecule has 2 aliphatic rings. The van der Waals surface area contributed by atoms with Crippen LogP contribution in [0.5, 0.6) is 0 Å². The molecule has 0 saturated heterocycles. The molecule has 0 unspecified atom stereocenters. The molecule has 2 atom stereocenters. The normalized spacial score (nSPS) is 22.2. The molecule has 0 radical (unpaired) electrons. The number of benzene rings is 2. The number of hydrogen-bond donors (Lipinski definition) is 0. The lowest BCUT2D eigenvalue weighted by Gasteiger charge is -2.44. The molecule has 0 saturated carbocycles. The smallest absolute Gasteiger partial charge is 0.113 e. The lowest BCUT2D eigenvalue weighted by Crippen LogP contribution is -2.43. The summed E-state index contributed by atoms with van der Waals surface area (Å²) >= 11 is 0. The first kappa shape index (κ1) is 14.9. The molecule has 3 heterocycles. The molecule has 0 bridgehead atoms. The molecule has 1 aromatic heterocycles. The van der Waals surface area contributed by atoms with Crippen molar-refractivity contribution in [2.45, 2.75) is 38.6 Å². The highest BCUT2D eigenvalue weighted by Crippen LogP contribution is 2.44. The molecule has 0 spiro atoms. The van der Waals surface area contributed by atoms with Crippen molar-refractivity contribution < 1.29 is 0 Å². The van der Waals surface area contributed by atoms with Gasteiger partial charge in [0.1, 0.15) is 17.1 Å². The van der Waals surface area contributed by atoms with Gasteiger partial charge in [-0.15, -0.1) is 0 Å². The van der Waals surface area contributed by atoms with E-state index in [-0.39, 0.29) is 6.04 Å². The Morgan fingerprint density at radius 2 is 1.84 bits per heavy atom. The van der Waals surface area contributed by atoms with E-state index in [0.29, 0.717) is 5.92 Å². The van der Waals surface area contributed by atoms with Crippen molar-refractivity contribution >= 4 is 16.7 Å². The maximum atomic E-state index is 4.85. The number of rotatable bonds is 3. The first-order chi connectivity index (χ1) is 12.3. The van der Waals surface area contributed by atoms with Gasteiger partial charge >= 0.3 is 0 Å². The number of hydrogen-bond acceptors (Lipinski definition) is 3. The Morgan fingerprint density at radius 1 is 1.04 bits per heavy atom. The van der Waals surface area contributed by atoms with Crippen LogP contribution in [0.3, 0.4) is 0 Å². The van der Waals surface area contributed by atoms with Gasteiger partial charge in [-0.3, -0.25) is 0 Å². The summed E-state index contributed by atoms with van der Waals surface area (Å²) in [5, 5.41) is 9.71. The Morgan fingerprint density at radius 3 is 2.60 bits per heavy atom. The Bertz CT molecular complexity index is 880. The predicted octanol–water partition coefficient (Wildman–Crippen LogP) is 4.20. The van der Waals surface area contributed by atoms with Gasteiger partial charge in [-0.1, -0.05) is 43.7 Å². The Kier molecular flexibility index (Phi) is 3.51. The highest BCUT2D eigenvalue weighted by molar-refractivity contribution is 5.73. The Hall–Kier alpha value is -2.36. The van der Waals surface area contributed by atoms with E-state index in [1.807, 2.05) is 16.9 Å². The zero-order valence-electron chi connectivity index (χ0n) is 14.7. The van der Waals surface area contributed by atoms with Crippen molar-refractivity contribution in [2.24, 2.45) is 5.92 Å². The predicted molar refractivity (Wildman–Crippen MR) is 101 cm³/mol. The Labute approximate surface area is 148 Å². The van der Waals surface area contributed by atoms with Gasteiger partial charge in [0.05, 0.1) is 0 Å². The molecule has 128 valence electrons. The van der Waals surface area contributed by atoms with E-state index in [0.717, 1.165) is 17.6 Å². The molecule has 25 heavy (non-hydrogen) atoms. The van der Waals surface area contributed by atoms with E-state index in [2.05, 4.69) is 42.2 Å². The Balaban J connectivity index is 1.69. The maximum Gasteiger partial charge on any atom is 0.113 e. The van der Waals surface area contributed by atoms with Crippen LogP contribution >= 0.6 is 0 Å². The van der Waals surface area contributed by atoms with Crippen molar-refractivity contribution in [3.63, 3.8) is 0 Å². The summed E-state index contributed by atoms with van der Waals surface area (Å²) in [6.45, 7) is 4.60. The van der Waals surface area contributed by atoms with Crippen LogP contribution in [-0.2, 0) is 6.42 Å². The summed E-state index contributed by atoms with van der Waals surface area (Å²) in [4.78, 5) is 4.63. The first-order valence-electron chi connectivity index (χ1n) is 9.53. The number of nitrogens with zero attached hydrogens (tertiary/aromatic N) is 4. The summed E-state index contributed by atoms with van der Waals surface area (Å²) in [5.74, 6) is 0.563. The molecule has 5 rings (SSSR count). The van der Waals surface area contributed by atoms with E-state index in [4.69, 9.17) is 10.2 Å². The minimum Gasteiger partial charge on any atom is -0.371 e. The SMILES string of the molecule is CCC[C@H]1CN2CCCc3cccc(c32)[C@@H]1n1nc2ccccc2n1. The largest absolute Gasteiger partial charge is 0.371 e. The fourth-order valence-electron chi connectivity index (χ4n) is 4.76. The van der Waals surface area contributed by atoms with Gasteiger partial charge in [0.25, 0.3) is 0 Å². The van der Waals surface area contributed by atoms with Crippen LogP contribution in [0.1, 0.15) is 43.4 Å². The van der Waals surface area contributed by atoms with Crippen LogP contribution in [0.2, 0.25) is 0 Å². The van der Waals surface area contributed by atoms with Gasteiger partial charge in [-0.25, -0.2) is 0 Å². The van der Waals surface area contributed by atoms with Crippen LogP contribution < -0.4 is 4.90 Å². The molecule has 0 N–H and O–H groups in total. The summed E-state index contributed by atoms with van der Waals surface area (Å²) in [7, 11) is 0. The van der Waals surface area contributed by atoms with Gasteiger partial charge < -0.3 is 4.90 Å². The van der Waals surface area contributed by atoms with Crippen molar-refractivity contribution in [1.29, 1.82) is 0 Å². The minimum atomic E-state index is 0.247. The standard InChI is InChI=1S/C21H24N4/c1-2-7-16-14-24-13-6-9-15-8-5-10-17(20(15)24)21(16)25-22-18-11-3-4-12-19(18)23-25/h3-5,8,10-12,16,21H,2,6-7,9,13-14H2,1H3/t16-,21+/m0/s1. The minimum absolute atomic E-state index is 0.247. The van der Waals surface area contributed by atoms with Crippen molar-refractivity contribution in [2.75, 3.05) is 18.0 Å². The zero-order valence-corrected chi connectivity index (χ0v) is 14.7. The molecule has 3 aromatic rings. The highest BCUT2D eigenvalue weighted by atomic mass is 15.5. The topological polar surface area (TPSA) is 34.0 Å². The van der Waals surface area contributed by atoms with Gasteiger partial charge in [0.2, 0.25) is 0 Å². The average molecular weight is 332 g/mol. The van der Waals surface area contributed by atoms with Crippen molar-refractivity contribution in [1.82, 2.24) is 15.0 Å². The van der Waals surface area contributed by atoms with Gasteiger partial charge in [0, 0.05) is 30.3 Å². The van der Waals surface area contributed by atoms with Crippen molar-refractivity contribution in [3.8, 4) is 0 Å².